The highest BCUT2D eigenvalue weighted by atomic mass is 35.5. The van der Waals surface area contributed by atoms with Crippen LogP contribution in [0.3, 0.4) is 0 Å². The van der Waals surface area contributed by atoms with Crippen molar-refractivity contribution >= 4 is 46.7 Å². The smallest absolute Gasteiger partial charge is 0.321 e. The quantitative estimate of drug-likeness (QED) is 0.838. The molecule has 1 N–H and O–H groups in total. The molecule has 0 radical (unpaired) electrons. The zero-order valence-corrected chi connectivity index (χ0v) is 11.8. The average Bonchev–Trinajstić information content (AvgIpc) is 2.27. The molecule has 0 spiro atoms. The lowest BCUT2D eigenvalue weighted by Crippen LogP contribution is -2.27. The third-order valence-electron chi connectivity index (χ3n) is 1.90. The topological polar surface area (TPSA) is 32.3 Å². The van der Waals surface area contributed by atoms with Crippen LogP contribution in [0.15, 0.2) is 17.0 Å². The van der Waals surface area contributed by atoms with E-state index >= 15 is 0 Å². The van der Waals surface area contributed by atoms with Gasteiger partial charge in [0, 0.05) is 14.1 Å². The summed E-state index contributed by atoms with van der Waals surface area (Å²) >= 11 is 11.8. The van der Waals surface area contributed by atoms with Crippen molar-refractivity contribution in [3.05, 3.63) is 22.2 Å². The van der Waals surface area contributed by atoms with Crippen LogP contribution in [0.4, 0.5) is 19.3 Å². The zero-order valence-electron chi connectivity index (χ0n) is 9.51. The fourth-order valence-electron chi connectivity index (χ4n) is 1.06. The molecule has 1 aromatic carbocycles. The molecule has 1 rings (SSSR count). The van der Waals surface area contributed by atoms with E-state index in [2.05, 4.69) is 5.32 Å². The molecule has 0 aliphatic carbocycles. The Balaban J connectivity index is 3.10. The summed E-state index contributed by atoms with van der Waals surface area (Å²) in [6.07, 6.45) is 0. The van der Waals surface area contributed by atoms with Crippen LogP contribution in [0.5, 0.6) is 0 Å². The number of amides is 2. The number of halogens is 4. The Morgan fingerprint density at radius 1 is 1.39 bits per heavy atom. The van der Waals surface area contributed by atoms with Gasteiger partial charge in [-0.05, 0) is 12.1 Å². The number of rotatable bonds is 3. The minimum Gasteiger partial charge on any atom is -0.331 e. The molecule has 0 saturated heterocycles. The summed E-state index contributed by atoms with van der Waals surface area (Å²) in [5.41, 5.74) is 0.202. The van der Waals surface area contributed by atoms with Gasteiger partial charge in [0.25, 0.3) is 5.76 Å². The first kappa shape index (κ1) is 15.3. The van der Waals surface area contributed by atoms with E-state index in [0.717, 1.165) is 0 Å². The molecule has 0 heterocycles. The van der Waals surface area contributed by atoms with Crippen molar-refractivity contribution in [1.29, 1.82) is 0 Å². The molecule has 100 valence electrons. The van der Waals surface area contributed by atoms with E-state index in [1.807, 2.05) is 0 Å². The molecule has 0 unspecified atom stereocenters. The summed E-state index contributed by atoms with van der Waals surface area (Å²) in [6.45, 7) is 0. The highest BCUT2D eigenvalue weighted by Crippen LogP contribution is 2.41. The summed E-state index contributed by atoms with van der Waals surface area (Å²) in [5, 5.41) is 2.63. The highest BCUT2D eigenvalue weighted by Gasteiger charge is 2.18. The molecule has 0 aliphatic rings. The first-order chi connectivity index (χ1) is 8.32. The second kappa shape index (κ2) is 6.45. The number of nitrogens with one attached hydrogen (secondary N) is 1. The van der Waals surface area contributed by atoms with Crippen LogP contribution in [0, 0.1) is 0 Å². The van der Waals surface area contributed by atoms with Gasteiger partial charge in [-0.25, -0.2) is 4.79 Å². The van der Waals surface area contributed by atoms with Gasteiger partial charge in [-0.1, -0.05) is 35.0 Å². The van der Waals surface area contributed by atoms with Crippen molar-refractivity contribution in [3.63, 3.8) is 0 Å². The molecule has 3 nitrogen and oxygen atoms in total. The lowest BCUT2D eigenvalue weighted by Gasteiger charge is -2.16. The molecule has 8 heteroatoms. The number of hydrogen-bond acceptors (Lipinski definition) is 2. The minimum atomic E-state index is -2.66. The predicted octanol–water partition coefficient (Wildman–Crippen LogP) is 4.40. The summed E-state index contributed by atoms with van der Waals surface area (Å²) in [6, 6.07) is 2.43. The Bertz CT molecular complexity index is 458. The lowest BCUT2D eigenvalue weighted by molar-refractivity contribution is 0.230. The first-order valence-electron chi connectivity index (χ1n) is 4.74. The van der Waals surface area contributed by atoms with E-state index < -0.39 is 11.8 Å². The van der Waals surface area contributed by atoms with E-state index in [-0.39, 0.29) is 32.4 Å². The number of anilines is 1. The van der Waals surface area contributed by atoms with Gasteiger partial charge < -0.3 is 10.2 Å². The minimum absolute atomic E-state index is 0.00137. The second-order valence-corrected chi connectivity index (χ2v) is 5.23. The average molecular weight is 315 g/mol. The number of nitrogens with zero attached hydrogens (tertiary/aromatic N) is 1. The molecule has 0 aromatic heterocycles. The zero-order chi connectivity index (χ0) is 13.9. The molecule has 0 fully saturated rings. The van der Waals surface area contributed by atoms with Gasteiger partial charge >= 0.3 is 6.03 Å². The Kier molecular flexibility index (Phi) is 5.49. The number of alkyl halides is 2. The van der Waals surface area contributed by atoms with E-state index in [1.54, 1.807) is 0 Å². The number of thioether (sulfide) groups is 1. The summed E-state index contributed by atoms with van der Waals surface area (Å²) in [7, 11) is 3.07. The van der Waals surface area contributed by atoms with Crippen molar-refractivity contribution < 1.29 is 13.6 Å². The standard InChI is InChI=1S/C10H10Cl2F2N2OS/c1-16(2)10(17)15-6-4-3-5(11)7(12)8(6)18-9(13)14/h3-4,9H,1-2H3,(H,15,17). The maximum absolute atomic E-state index is 12.4. The van der Waals surface area contributed by atoms with Crippen LogP contribution < -0.4 is 5.32 Å². The van der Waals surface area contributed by atoms with Crippen molar-refractivity contribution in [1.82, 2.24) is 4.90 Å². The van der Waals surface area contributed by atoms with Crippen LogP contribution in [-0.2, 0) is 0 Å². The largest absolute Gasteiger partial charge is 0.331 e. The molecular weight excluding hydrogens is 305 g/mol. The van der Waals surface area contributed by atoms with Crippen LogP contribution in [0.25, 0.3) is 0 Å². The molecule has 1 aromatic rings. The molecular formula is C10H10Cl2F2N2OS. The van der Waals surface area contributed by atoms with Crippen LogP contribution >= 0.6 is 35.0 Å². The lowest BCUT2D eigenvalue weighted by atomic mass is 10.3. The highest BCUT2D eigenvalue weighted by molar-refractivity contribution is 7.99. The molecule has 0 saturated carbocycles. The van der Waals surface area contributed by atoms with Gasteiger partial charge in [0.2, 0.25) is 0 Å². The number of carbonyl (C=O) groups excluding carboxylic acids is 1. The van der Waals surface area contributed by atoms with Crippen LogP contribution in [0.1, 0.15) is 0 Å². The second-order valence-electron chi connectivity index (χ2n) is 3.44. The van der Waals surface area contributed by atoms with Gasteiger partial charge in [0.15, 0.2) is 0 Å². The Morgan fingerprint density at radius 2 is 2.00 bits per heavy atom. The fourth-order valence-corrected chi connectivity index (χ4v) is 2.21. The normalized spacial score (nSPS) is 10.6. The van der Waals surface area contributed by atoms with Gasteiger partial charge in [0.1, 0.15) is 0 Å². The first-order valence-corrected chi connectivity index (χ1v) is 6.37. The van der Waals surface area contributed by atoms with E-state index in [9.17, 15) is 13.6 Å². The van der Waals surface area contributed by atoms with Crippen molar-refractivity contribution in [2.24, 2.45) is 0 Å². The van der Waals surface area contributed by atoms with Crippen LogP contribution in [0.2, 0.25) is 10.0 Å². The summed E-state index contributed by atoms with van der Waals surface area (Å²) < 4.78 is 24.9. The van der Waals surface area contributed by atoms with E-state index in [4.69, 9.17) is 23.2 Å². The fraction of sp³-hybridized carbons (Fsp3) is 0.300. The van der Waals surface area contributed by atoms with Gasteiger partial charge in [-0.2, -0.15) is 8.78 Å². The van der Waals surface area contributed by atoms with Crippen molar-refractivity contribution in [3.8, 4) is 0 Å². The van der Waals surface area contributed by atoms with E-state index in [0.29, 0.717) is 0 Å². The maximum atomic E-state index is 12.4. The Labute approximate surface area is 117 Å². The summed E-state index contributed by atoms with van der Waals surface area (Å²) in [5.74, 6) is -2.66. The molecule has 0 atom stereocenters. The van der Waals surface area contributed by atoms with Crippen LogP contribution in [-0.4, -0.2) is 30.8 Å². The molecule has 2 amide bonds. The molecule has 0 bridgehead atoms. The van der Waals surface area contributed by atoms with Crippen molar-refractivity contribution in [2.45, 2.75) is 10.7 Å². The maximum Gasteiger partial charge on any atom is 0.321 e. The number of carbonyl (C=O) groups is 1. The third-order valence-corrected chi connectivity index (χ3v) is 3.66. The monoisotopic (exact) mass is 314 g/mol. The van der Waals surface area contributed by atoms with Gasteiger partial charge in [0.05, 0.1) is 20.6 Å². The van der Waals surface area contributed by atoms with Gasteiger partial charge in [-0.3, -0.25) is 0 Å². The molecule has 0 aliphatic heterocycles. The van der Waals surface area contributed by atoms with Crippen molar-refractivity contribution in [2.75, 3.05) is 19.4 Å². The predicted molar refractivity (Wildman–Crippen MR) is 71.0 cm³/mol. The number of benzene rings is 1. The number of urea groups is 1. The summed E-state index contributed by atoms with van der Waals surface area (Å²) in [4.78, 5) is 12.8. The van der Waals surface area contributed by atoms with Gasteiger partial charge in [-0.15, -0.1) is 0 Å². The Hall–Kier alpha value is -0.720. The SMILES string of the molecule is CN(C)C(=O)Nc1ccc(Cl)c(Cl)c1SC(F)F. The third kappa shape index (κ3) is 3.90. The van der Waals surface area contributed by atoms with E-state index in [1.165, 1.54) is 31.1 Å². The Morgan fingerprint density at radius 3 is 2.50 bits per heavy atom. The molecule has 18 heavy (non-hydrogen) atoms. The number of hydrogen-bond donors (Lipinski definition) is 1.